The Morgan fingerprint density at radius 1 is 0.889 bits per heavy atom. The van der Waals surface area contributed by atoms with E-state index in [9.17, 15) is 4.79 Å². The smallest absolute Gasteiger partial charge is 0.272 e. The lowest BCUT2D eigenvalue weighted by atomic mass is 9.99. The lowest BCUT2D eigenvalue weighted by Crippen LogP contribution is -2.36. The Balaban J connectivity index is 1.51. The maximum absolute atomic E-state index is 13.8. The third-order valence-electron chi connectivity index (χ3n) is 6.85. The van der Waals surface area contributed by atoms with Crippen LogP contribution in [-0.2, 0) is 13.0 Å². The number of hydrogen-bond donors (Lipinski definition) is 0. The van der Waals surface area contributed by atoms with Gasteiger partial charge in [0.2, 0.25) is 0 Å². The number of ether oxygens (including phenoxy) is 1. The van der Waals surface area contributed by atoms with Crippen LogP contribution in [-0.4, -0.2) is 39.1 Å². The van der Waals surface area contributed by atoms with Crippen LogP contribution >= 0.6 is 0 Å². The van der Waals surface area contributed by atoms with Gasteiger partial charge in [0.1, 0.15) is 11.4 Å². The standard InChI is InChI=1S/C30H26N4O2/c1-20-28(23-9-4-3-5-10-23)29-31-26(30(35)33-17-16-21-8-6-7-11-24(21)19-33)18-27(34(29)32-20)22-12-14-25(36-2)15-13-22/h3-15,18H,16-17,19H2,1-2H3. The molecule has 6 heteroatoms. The second-order valence-electron chi connectivity index (χ2n) is 9.06. The maximum Gasteiger partial charge on any atom is 0.272 e. The van der Waals surface area contributed by atoms with Crippen LogP contribution in [0.1, 0.15) is 27.3 Å². The van der Waals surface area contributed by atoms with Crippen molar-refractivity contribution in [3.63, 3.8) is 0 Å². The van der Waals surface area contributed by atoms with Crippen molar-refractivity contribution in [3.8, 4) is 28.1 Å². The number of amides is 1. The van der Waals surface area contributed by atoms with Gasteiger partial charge in [-0.15, -0.1) is 0 Å². The molecule has 0 spiro atoms. The quantitative estimate of drug-likeness (QED) is 0.341. The van der Waals surface area contributed by atoms with Gasteiger partial charge in [-0.05, 0) is 60.4 Å². The number of benzene rings is 3. The van der Waals surface area contributed by atoms with E-state index < -0.39 is 0 Å². The summed E-state index contributed by atoms with van der Waals surface area (Å²) in [6, 6.07) is 28.1. The number of aromatic nitrogens is 3. The van der Waals surface area contributed by atoms with Crippen LogP contribution in [0.5, 0.6) is 5.75 Å². The summed E-state index contributed by atoms with van der Waals surface area (Å²) in [5, 5.41) is 4.85. The number of methoxy groups -OCH3 is 1. The highest BCUT2D eigenvalue weighted by Gasteiger charge is 2.25. The molecule has 0 atom stereocenters. The average Bonchev–Trinajstić information content (AvgIpc) is 3.28. The van der Waals surface area contributed by atoms with E-state index in [0.717, 1.165) is 40.2 Å². The van der Waals surface area contributed by atoms with Gasteiger partial charge < -0.3 is 9.64 Å². The van der Waals surface area contributed by atoms with Crippen LogP contribution in [0.3, 0.4) is 0 Å². The van der Waals surface area contributed by atoms with Crippen molar-refractivity contribution in [2.75, 3.05) is 13.7 Å². The zero-order valence-corrected chi connectivity index (χ0v) is 20.3. The van der Waals surface area contributed by atoms with Crippen molar-refractivity contribution in [3.05, 3.63) is 107 Å². The van der Waals surface area contributed by atoms with E-state index in [1.54, 1.807) is 7.11 Å². The Bertz CT molecular complexity index is 1570. The van der Waals surface area contributed by atoms with Crippen molar-refractivity contribution in [1.29, 1.82) is 0 Å². The molecule has 0 bridgehead atoms. The Hall–Kier alpha value is -4.45. The Labute approximate surface area is 209 Å². The van der Waals surface area contributed by atoms with Crippen LogP contribution in [0.4, 0.5) is 0 Å². The van der Waals surface area contributed by atoms with E-state index in [4.69, 9.17) is 14.8 Å². The molecule has 6 rings (SSSR count). The summed E-state index contributed by atoms with van der Waals surface area (Å²) >= 11 is 0. The number of nitrogens with zero attached hydrogens (tertiary/aromatic N) is 4. The van der Waals surface area contributed by atoms with Crippen molar-refractivity contribution in [2.45, 2.75) is 19.9 Å². The summed E-state index contributed by atoms with van der Waals surface area (Å²) < 4.78 is 7.20. The minimum Gasteiger partial charge on any atom is -0.497 e. The molecular weight excluding hydrogens is 448 g/mol. The summed E-state index contributed by atoms with van der Waals surface area (Å²) in [7, 11) is 1.65. The van der Waals surface area contributed by atoms with Crippen LogP contribution in [0.2, 0.25) is 0 Å². The van der Waals surface area contributed by atoms with Gasteiger partial charge >= 0.3 is 0 Å². The number of fused-ring (bicyclic) bond motifs is 2. The topological polar surface area (TPSA) is 59.7 Å². The van der Waals surface area contributed by atoms with Crippen molar-refractivity contribution in [1.82, 2.24) is 19.5 Å². The first-order chi connectivity index (χ1) is 17.6. The highest BCUT2D eigenvalue weighted by Crippen LogP contribution is 2.32. The molecule has 3 heterocycles. The highest BCUT2D eigenvalue weighted by molar-refractivity contribution is 5.95. The van der Waals surface area contributed by atoms with Crippen LogP contribution in [0.15, 0.2) is 84.9 Å². The molecule has 0 fully saturated rings. The molecule has 36 heavy (non-hydrogen) atoms. The van der Waals surface area contributed by atoms with Gasteiger partial charge in [0.05, 0.1) is 18.5 Å². The minimum absolute atomic E-state index is 0.0698. The second-order valence-corrected chi connectivity index (χ2v) is 9.06. The van der Waals surface area contributed by atoms with E-state index in [0.29, 0.717) is 24.4 Å². The molecule has 0 saturated heterocycles. The largest absolute Gasteiger partial charge is 0.497 e. The molecule has 1 aliphatic rings. The zero-order valence-electron chi connectivity index (χ0n) is 20.3. The second kappa shape index (κ2) is 8.96. The molecule has 5 aromatic rings. The first-order valence-corrected chi connectivity index (χ1v) is 12.1. The highest BCUT2D eigenvalue weighted by atomic mass is 16.5. The number of carbonyl (C=O) groups excluding carboxylic acids is 1. The molecule has 0 N–H and O–H groups in total. The number of hydrogen-bond acceptors (Lipinski definition) is 4. The summed E-state index contributed by atoms with van der Waals surface area (Å²) in [4.78, 5) is 20.6. The Morgan fingerprint density at radius 3 is 2.36 bits per heavy atom. The van der Waals surface area contributed by atoms with Gasteiger partial charge in [-0.1, -0.05) is 54.6 Å². The van der Waals surface area contributed by atoms with Crippen molar-refractivity contribution < 1.29 is 9.53 Å². The summed E-state index contributed by atoms with van der Waals surface area (Å²) in [5.74, 6) is 0.702. The number of rotatable bonds is 4. The summed E-state index contributed by atoms with van der Waals surface area (Å²) in [5.41, 5.74) is 8.16. The minimum atomic E-state index is -0.0698. The fourth-order valence-corrected chi connectivity index (χ4v) is 4.97. The van der Waals surface area contributed by atoms with Crippen molar-refractivity contribution >= 4 is 11.6 Å². The summed E-state index contributed by atoms with van der Waals surface area (Å²) in [6.45, 7) is 3.24. The molecule has 1 amide bonds. The lowest BCUT2D eigenvalue weighted by molar-refractivity contribution is 0.0729. The molecule has 178 valence electrons. The van der Waals surface area contributed by atoms with E-state index in [2.05, 4.69) is 30.3 Å². The van der Waals surface area contributed by atoms with Gasteiger partial charge in [-0.25, -0.2) is 9.50 Å². The predicted molar refractivity (Wildman–Crippen MR) is 140 cm³/mol. The SMILES string of the molecule is COc1ccc(-c2cc(C(=O)N3CCc4ccccc4C3)nc3c(-c4ccccc4)c(C)nn23)cc1. The molecule has 0 aliphatic carbocycles. The monoisotopic (exact) mass is 474 g/mol. The zero-order chi connectivity index (χ0) is 24.6. The van der Waals surface area contributed by atoms with Crippen LogP contribution in [0, 0.1) is 6.92 Å². The fourth-order valence-electron chi connectivity index (χ4n) is 4.97. The molecule has 6 nitrogen and oxygen atoms in total. The van der Waals surface area contributed by atoms with Gasteiger partial charge in [0, 0.05) is 24.2 Å². The van der Waals surface area contributed by atoms with Crippen molar-refractivity contribution in [2.24, 2.45) is 0 Å². The van der Waals surface area contributed by atoms with E-state index >= 15 is 0 Å². The first kappa shape index (κ1) is 22.0. The molecule has 2 aromatic heterocycles. The summed E-state index contributed by atoms with van der Waals surface area (Å²) in [6.07, 6.45) is 0.844. The predicted octanol–water partition coefficient (Wildman–Crippen LogP) is 5.58. The van der Waals surface area contributed by atoms with E-state index in [-0.39, 0.29) is 5.91 Å². The number of carbonyl (C=O) groups is 1. The molecular formula is C30H26N4O2. The van der Waals surface area contributed by atoms with Crippen LogP contribution < -0.4 is 4.74 Å². The van der Waals surface area contributed by atoms with Gasteiger partial charge in [-0.2, -0.15) is 5.10 Å². The van der Waals surface area contributed by atoms with E-state index in [1.807, 2.05) is 70.9 Å². The molecule has 0 unspecified atom stereocenters. The van der Waals surface area contributed by atoms with E-state index in [1.165, 1.54) is 11.1 Å². The van der Waals surface area contributed by atoms with Gasteiger partial charge in [0.25, 0.3) is 5.91 Å². The Kier molecular flexibility index (Phi) is 5.49. The Morgan fingerprint density at radius 2 is 1.61 bits per heavy atom. The lowest BCUT2D eigenvalue weighted by Gasteiger charge is -2.28. The normalized spacial score (nSPS) is 13.0. The first-order valence-electron chi connectivity index (χ1n) is 12.1. The molecule has 0 radical (unpaired) electrons. The average molecular weight is 475 g/mol. The fraction of sp³-hybridized carbons (Fsp3) is 0.167. The molecule has 0 saturated carbocycles. The number of aryl methyl sites for hydroxylation is 1. The third-order valence-corrected chi connectivity index (χ3v) is 6.85. The maximum atomic E-state index is 13.8. The van der Waals surface area contributed by atoms with Gasteiger partial charge in [-0.3, -0.25) is 4.79 Å². The third kappa shape index (κ3) is 3.81. The van der Waals surface area contributed by atoms with Gasteiger partial charge in [0.15, 0.2) is 5.65 Å². The van der Waals surface area contributed by atoms with Crippen LogP contribution in [0.25, 0.3) is 28.0 Å². The molecule has 1 aliphatic heterocycles. The molecule has 3 aromatic carbocycles.